The van der Waals surface area contributed by atoms with Crippen molar-refractivity contribution < 1.29 is 4.79 Å². The molecule has 2 heterocycles. The summed E-state index contributed by atoms with van der Waals surface area (Å²) in [6.45, 7) is 1.35. The molecule has 1 amide bonds. The number of piperidine rings is 1. The SMILES string of the molecule is Nc1nccc([C@H]2CCCN(C(=O)[C@H](N)c3ccccc3)C2)n1. The van der Waals surface area contributed by atoms with Gasteiger partial charge in [0.25, 0.3) is 0 Å². The fourth-order valence-electron chi connectivity index (χ4n) is 3.03. The Labute approximate surface area is 135 Å². The molecule has 2 atom stereocenters. The van der Waals surface area contributed by atoms with Gasteiger partial charge in [0.05, 0.1) is 5.69 Å². The smallest absolute Gasteiger partial charge is 0.244 e. The van der Waals surface area contributed by atoms with Crippen molar-refractivity contribution in [2.75, 3.05) is 18.8 Å². The largest absolute Gasteiger partial charge is 0.368 e. The molecule has 1 aliphatic rings. The molecular weight excluding hydrogens is 290 g/mol. The van der Waals surface area contributed by atoms with E-state index in [2.05, 4.69) is 9.97 Å². The van der Waals surface area contributed by atoms with Gasteiger partial charge in [0.2, 0.25) is 11.9 Å². The Morgan fingerprint density at radius 1 is 1.26 bits per heavy atom. The van der Waals surface area contributed by atoms with Crippen LogP contribution in [0, 0.1) is 0 Å². The second-order valence-electron chi connectivity index (χ2n) is 5.85. The highest BCUT2D eigenvalue weighted by atomic mass is 16.2. The van der Waals surface area contributed by atoms with Gasteiger partial charge in [-0.3, -0.25) is 4.79 Å². The predicted octanol–water partition coefficient (Wildman–Crippen LogP) is 1.46. The molecule has 120 valence electrons. The molecule has 0 aliphatic carbocycles. The van der Waals surface area contributed by atoms with E-state index in [9.17, 15) is 4.79 Å². The van der Waals surface area contributed by atoms with Crippen LogP contribution in [0.3, 0.4) is 0 Å². The fourth-order valence-corrected chi connectivity index (χ4v) is 3.03. The van der Waals surface area contributed by atoms with Gasteiger partial charge in [0, 0.05) is 25.2 Å². The standard InChI is InChI=1S/C17H21N5O/c18-15(12-5-2-1-3-6-12)16(23)22-10-4-7-13(11-22)14-8-9-20-17(19)21-14/h1-3,5-6,8-9,13,15H,4,7,10-11,18H2,(H2,19,20,21)/t13-,15+/m0/s1. The van der Waals surface area contributed by atoms with Crippen molar-refractivity contribution >= 4 is 11.9 Å². The van der Waals surface area contributed by atoms with Gasteiger partial charge in [-0.2, -0.15) is 0 Å². The third kappa shape index (κ3) is 3.48. The number of hydrogen-bond donors (Lipinski definition) is 2. The lowest BCUT2D eigenvalue weighted by Gasteiger charge is -2.34. The number of nitrogens with two attached hydrogens (primary N) is 2. The normalized spacial score (nSPS) is 19.3. The summed E-state index contributed by atoms with van der Waals surface area (Å²) in [6.07, 6.45) is 3.58. The molecule has 4 N–H and O–H groups in total. The number of carbonyl (C=O) groups is 1. The number of nitrogen functional groups attached to an aromatic ring is 1. The van der Waals surface area contributed by atoms with Crippen molar-refractivity contribution in [1.82, 2.24) is 14.9 Å². The Bertz CT molecular complexity index is 676. The molecule has 23 heavy (non-hydrogen) atoms. The Hall–Kier alpha value is -2.47. The highest BCUT2D eigenvalue weighted by molar-refractivity contribution is 5.83. The zero-order chi connectivity index (χ0) is 16.2. The van der Waals surface area contributed by atoms with E-state index in [4.69, 9.17) is 11.5 Å². The van der Waals surface area contributed by atoms with Gasteiger partial charge in [-0.1, -0.05) is 30.3 Å². The molecular formula is C17H21N5O. The number of amides is 1. The van der Waals surface area contributed by atoms with Crippen molar-refractivity contribution in [3.8, 4) is 0 Å². The van der Waals surface area contributed by atoms with Crippen molar-refractivity contribution in [2.45, 2.75) is 24.8 Å². The molecule has 0 bridgehead atoms. The predicted molar refractivity (Wildman–Crippen MR) is 88.4 cm³/mol. The van der Waals surface area contributed by atoms with Crippen molar-refractivity contribution in [3.63, 3.8) is 0 Å². The van der Waals surface area contributed by atoms with Gasteiger partial charge in [0.15, 0.2) is 0 Å². The van der Waals surface area contributed by atoms with Crippen LogP contribution in [0.15, 0.2) is 42.6 Å². The van der Waals surface area contributed by atoms with E-state index in [0.29, 0.717) is 6.54 Å². The topological polar surface area (TPSA) is 98.1 Å². The summed E-state index contributed by atoms with van der Waals surface area (Å²) in [4.78, 5) is 22.7. The molecule has 0 unspecified atom stereocenters. The van der Waals surface area contributed by atoms with Crippen LogP contribution in [-0.4, -0.2) is 33.9 Å². The minimum atomic E-state index is -0.620. The molecule has 1 saturated heterocycles. The third-order valence-electron chi connectivity index (χ3n) is 4.27. The Morgan fingerprint density at radius 3 is 2.78 bits per heavy atom. The third-order valence-corrected chi connectivity index (χ3v) is 4.27. The lowest BCUT2D eigenvalue weighted by molar-refractivity contribution is -0.134. The van der Waals surface area contributed by atoms with Crippen LogP contribution in [-0.2, 0) is 4.79 Å². The van der Waals surface area contributed by atoms with E-state index in [1.165, 1.54) is 0 Å². The maximum atomic E-state index is 12.7. The summed E-state index contributed by atoms with van der Waals surface area (Å²) >= 11 is 0. The second-order valence-corrected chi connectivity index (χ2v) is 5.85. The summed E-state index contributed by atoms with van der Waals surface area (Å²) in [5.41, 5.74) is 13.5. The molecule has 1 fully saturated rings. The first kappa shape index (κ1) is 15.4. The van der Waals surface area contributed by atoms with Crippen LogP contribution in [0.1, 0.15) is 36.1 Å². The Balaban J connectivity index is 1.72. The molecule has 1 aromatic carbocycles. The van der Waals surface area contributed by atoms with E-state index < -0.39 is 6.04 Å². The van der Waals surface area contributed by atoms with E-state index in [1.807, 2.05) is 41.3 Å². The quantitative estimate of drug-likeness (QED) is 0.894. The van der Waals surface area contributed by atoms with Crippen molar-refractivity contribution in [3.05, 3.63) is 53.9 Å². The number of likely N-dealkylation sites (tertiary alicyclic amines) is 1. The van der Waals surface area contributed by atoms with E-state index in [0.717, 1.165) is 30.6 Å². The maximum Gasteiger partial charge on any atom is 0.244 e. The van der Waals surface area contributed by atoms with Crippen LogP contribution < -0.4 is 11.5 Å². The average molecular weight is 311 g/mol. The van der Waals surface area contributed by atoms with Crippen LogP contribution in [0.4, 0.5) is 5.95 Å². The molecule has 0 spiro atoms. The maximum absolute atomic E-state index is 12.7. The van der Waals surface area contributed by atoms with Gasteiger partial charge < -0.3 is 16.4 Å². The number of aromatic nitrogens is 2. The minimum Gasteiger partial charge on any atom is -0.368 e. The number of rotatable bonds is 3. The molecule has 0 radical (unpaired) electrons. The second kappa shape index (κ2) is 6.75. The highest BCUT2D eigenvalue weighted by Gasteiger charge is 2.29. The fraction of sp³-hybridized carbons (Fsp3) is 0.353. The number of nitrogens with zero attached hydrogens (tertiary/aromatic N) is 3. The van der Waals surface area contributed by atoms with E-state index >= 15 is 0 Å². The highest BCUT2D eigenvalue weighted by Crippen LogP contribution is 2.27. The van der Waals surface area contributed by atoms with Crippen LogP contribution >= 0.6 is 0 Å². The first-order valence-electron chi connectivity index (χ1n) is 7.83. The molecule has 0 saturated carbocycles. The average Bonchev–Trinajstić information content (AvgIpc) is 2.61. The zero-order valence-electron chi connectivity index (χ0n) is 12.9. The lowest BCUT2D eigenvalue weighted by Crippen LogP contribution is -2.44. The molecule has 2 aromatic rings. The van der Waals surface area contributed by atoms with Crippen molar-refractivity contribution in [1.29, 1.82) is 0 Å². The first-order valence-corrected chi connectivity index (χ1v) is 7.83. The van der Waals surface area contributed by atoms with E-state index in [-0.39, 0.29) is 17.8 Å². The summed E-state index contributed by atoms with van der Waals surface area (Å²) in [6, 6.07) is 10.7. The summed E-state index contributed by atoms with van der Waals surface area (Å²) in [5.74, 6) is 0.413. The molecule has 3 rings (SSSR count). The van der Waals surface area contributed by atoms with Gasteiger partial charge >= 0.3 is 0 Å². The zero-order valence-corrected chi connectivity index (χ0v) is 12.9. The first-order chi connectivity index (χ1) is 11.1. The Morgan fingerprint density at radius 2 is 2.04 bits per heavy atom. The monoisotopic (exact) mass is 311 g/mol. The van der Waals surface area contributed by atoms with Crippen LogP contribution in [0.5, 0.6) is 0 Å². The molecule has 1 aliphatic heterocycles. The lowest BCUT2D eigenvalue weighted by atomic mass is 9.93. The molecule has 1 aromatic heterocycles. The molecule has 6 heteroatoms. The molecule has 6 nitrogen and oxygen atoms in total. The number of anilines is 1. The Kier molecular flexibility index (Phi) is 4.52. The summed E-state index contributed by atoms with van der Waals surface area (Å²) < 4.78 is 0. The minimum absolute atomic E-state index is 0.0390. The van der Waals surface area contributed by atoms with Gasteiger partial charge in [0.1, 0.15) is 6.04 Å². The number of benzene rings is 1. The van der Waals surface area contributed by atoms with Gasteiger partial charge in [-0.05, 0) is 24.5 Å². The van der Waals surface area contributed by atoms with Gasteiger partial charge in [-0.15, -0.1) is 0 Å². The summed E-state index contributed by atoms with van der Waals surface area (Å²) in [7, 11) is 0. The number of carbonyl (C=O) groups excluding carboxylic acids is 1. The summed E-state index contributed by atoms with van der Waals surface area (Å²) in [5, 5.41) is 0. The van der Waals surface area contributed by atoms with Crippen molar-refractivity contribution in [2.24, 2.45) is 5.73 Å². The number of hydrogen-bond acceptors (Lipinski definition) is 5. The van der Waals surface area contributed by atoms with Crippen LogP contribution in [0.25, 0.3) is 0 Å². The van der Waals surface area contributed by atoms with Crippen LogP contribution in [0.2, 0.25) is 0 Å². The van der Waals surface area contributed by atoms with Gasteiger partial charge in [-0.25, -0.2) is 9.97 Å². The van der Waals surface area contributed by atoms with E-state index in [1.54, 1.807) is 6.20 Å².